The van der Waals surface area contributed by atoms with Crippen molar-refractivity contribution in [2.45, 2.75) is 6.92 Å². The third-order valence-electron chi connectivity index (χ3n) is 4.62. The maximum Gasteiger partial charge on any atom is 0.255 e. The smallest absolute Gasteiger partial charge is 0.255 e. The lowest BCUT2D eigenvalue weighted by atomic mass is 10.1. The summed E-state index contributed by atoms with van der Waals surface area (Å²) in [6, 6.07) is 21.1. The summed E-state index contributed by atoms with van der Waals surface area (Å²) in [7, 11) is 1.55. The van der Waals surface area contributed by atoms with Crippen molar-refractivity contribution in [2.24, 2.45) is 0 Å². The normalized spacial score (nSPS) is 10.7. The molecule has 0 spiro atoms. The van der Waals surface area contributed by atoms with Crippen LogP contribution in [-0.2, 0) is 0 Å². The van der Waals surface area contributed by atoms with Gasteiger partial charge in [0.2, 0.25) is 0 Å². The predicted molar refractivity (Wildman–Crippen MR) is 114 cm³/mol. The maximum atomic E-state index is 12.7. The van der Waals surface area contributed by atoms with Crippen molar-refractivity contribution >= 4 is 22.6 Å². The lowest BCUT2D eigenvalue weighted by Gasteiger charge is -2.08. The summed E-state index contributed by atoms with van der Waals surface area (Å²) in [5, 5.41) is 3.21. The molecule has 0 radical (unpaired) electrons. The van der Waals surface area contributed by atoms with Crippen LogP contribution < -0.4 is 15.5 Å². The molecule has 4 aromatic rings. The molecule has 1 N–H and O–H groups in total. The van der Waals surface area contributed by atoms with Crippen LogP contribution in [0.3, 0.4) is 0 Å². The average molecular weight is 385 g/mol. The Labute approximate surface area is 167 Å². The third-order valence-corrected chi connectivity index (χ3v) is 4.62. The standard InChI is InChI=1S/C24H19NO4/c1-15-5-3-6-16(11-15)23-14-21(26)20-13-18(9-10-22(20)29-23)25-24(27)17-7-4-8-19(12-17)28-2/h3-14H,1-2H3,(H,25,27). The predicted octanol–water partition coefficient (Wildman–Crippen LogP) is 5.03. The Morgan fingerprint density at radius 1 is 0.966 bits per heavy atom. The second-order valence-electron chi connectivity index (χ2n) is 6.74. The van der Waals surface area contributed by atoms with E-state index < -0.39 is 0 Å². The molecule has 1 amide bonds. The molecule has 3 aromatic carbocycles. The quantitative estimate of drug-likeness (QED) is 0.535. The zero-order valence-electron chi connectivity index (χ0n) is 16.1. The summed E-state index contributed by atoms with van der Waals surface area (Å²) in [6.07, 6.45) is 0. The van der Waals surface area contributed by atoms with Gasteiger partial charge in [-0.15, -0.1) is 0 Å². The van der Waals surface area contributed by atoms with E-state index >= 15 is 0 Å². The third kappa shape index (κ3) is 3.89. The fourth-order valence-electron chi connectivity index (χ4n) is 3.14. The maximum absolute atomic E-state index is 12.7. The number of carbonyl (C=O) groups is 1. The van der Waals surface area contributed by atoms with Crippen LogP contribution in [0.1, 0.15) is 15.9 Å². The number of aryl methyl sites for hydroxylation is 1. The van der Waals surface area contributed by atoms with E-state index in [0.717, 1.165) is 11.1 Å². The fourth-order valence-corrected chi connectivity index (χ4v) is 3.14. The molecule has 0 saturated heterocycles. The van der Waals surface area contributed by atoms with Crippen LogP contribution in [0.25, 0.3) is 22.3 Å². The van der Waals surface area contributed by atoms with E-state index in [1.807, 2.05) is 31.2 Å². The summed E-state index contributed by atoms with van der Waals surface area (Å²) in [5.41, 5.74) is 3.21. The molecule has 29 heavy (non-hydrogen) atoms. The van der Waals surface area contributed by atoms with Gasteiger partial charge < -0.3 is 14.5 Å². The van der Waals surface area contributed by atoms with Gasteiger partial charge in [-0.05, 0) is 49.4 Å². The average Bonchev–Trinajstić information content (AvgIpc) is 2.74. The molecule has 5 nitrogen and oxygen atoms in total. The van der Waals surface area contributed by atoms with E-state index in [2.05, 4.69) is 5.32 Å². The first-order chi connectivity index (χ1) is 14.0. The summed E-state index contributed by atoms with van der Waals surface area (Å²) in [6.45, 7) is 1.99. The zero-order valence-corrected chi connectivity index (χ0v) is 16.1. The lowest BCUT2D eigenvalue weighted by Crippen LogP contribution is -2.12. The van der Waals surface area contributed by atoms with Crippen LogP contribution in [0.15, 0.2) is 82.0 Å². The Kier molecular flexibility index (Phi) is 4.87. The van der Waals surface area contributed by atoms with Crippen molar-refractivity contribution in [2.75, 3.05) is 12.4 Å². The Hall–Kier alpha value is -3.86. The fraction of sp³-hybridized carbons (Fsp3) is 0.0833. The summed E-state index contributed by atoms with van der Waals surface area (Å²) < 4.78 is 11.1. The molecule has 0 aliphatic heterocycles. The highest BCUT2D eigenvalue weighted by Crippen LogP contribution is 2.25. The molecule has 0 aliphatic carbocycles. The van der Waals surface area contributed by atoms with Crippen LogP contribution in [0.5, 0.6) is 5.75 Å². The number of carbonyl (C=O) groups excluding carboxylic acids is 1. The van der Waals surface area contributed by atoms with E-state index in [9.17, 15) is 9.59 Å². The van der Waals surface area contributed by atoms with Crippen molar-refractivity contribution in [3.8, 4) is 17.1 Å². The SMILES string of the molecule is COc1cccc(C(=O)Nc2ccc3oc(-c4cccc(C)c4)cc(=O)c3c2)c1. The number of methoxy groups -OCH3 is 1. The summed E-state index contributed by atoms with van der Waals surface area (Å²) in [4.78, 5) is 25.2. The van der Waals surface area contributed by atoms with Gasteiger partial charge >= 0.3 is 0 Å². The van der Waals surface area contributed by atoms with Crippen LogP contribution >= 0.6 is 0 Å². The van der Waals surface area contributed by atoms with Crippen molar-refractivity contribution in [1.29, 1.82) is 0 Å². The van der Waals surface area contributed by atoms with E-state index in [-0.39, 0.29) is 11.3 Å². The zero-order chi connectivity index (χ0) is 20.4. The number of fused-ring (bicyclic) bond motifs is 1. The van der Waals surface area contributed by atoms with Gasteiger partial charge in [0.05, 0.1) is 12.5 Å². The van der Waals surface area contributed by atoms with E-state index in [1.165, 1.54) is 6.07 Å². The van der Waals surface area contributed by atoms with Crippen LogP contribution in [-0.4, -0.2) is 13.0 Å². The Morgan fingerprint density at radius 3 is 2.59 bits per heavy atom. The van der Waals surface area contributed by atoms with Gasteiger partial charge in [-0.25, -0.2) is 0 Å². The topological polar surface area (TPSA) is 68.5 Å². The molecule has 4 rings (SSSR count). The Morgan fingerprint density at radius 2 is 1.79 bits per heavy atom. The molecule has 1 heterocycles. The van der Waals surface area contributed by atoms with Gasteiger partial charge in [0.15, 0.2) is 5.43 Å². The number of ether oxygens (including phenoxy) is 1. The van der Waals surface area contributed by atoms with E-state index in [0.29, 0.717) is 33.7 Å². The number of nitrogens with one attached hydrogen (secondary N) is 1. The van der Waals surface area contributed by atoms with Crippen molar-refractivity contribution in [3.63, 3.8) is 0 Å². The van der Waals surface area contributed by atoms with Gasteiger partial charge in [-0.3, -0.25) is 9.59 Å². The number of rotatable bonds is 4. The highest BCUT2D eigenvalue weighted by Gasteiger charge is 2.11. The first-order valence-corrected chi connectivity index (χ1v) is 9.14. The number of hydrogen-bond acceptors (Lipinski definition) is 4. The minimum Gasteiger partial charge on any atom is -0.497 e. The molecule has 0 fully saturated rings. The van der Waals surface area contributed by atoms with E-state index in [1.54, 1.807) is 49.6 Å². The molecule has 0 saturated carbocycles. The Balaban J connectivity index is 1.66. The summed E-state index contributed by atoms with van der Waals surface area (Å²) in [5.74, 6) is 0.823. The van der Waals surface area contributed by atoms with Gasteiger partial charge in [0.25, 0.3) is 5.91 Å². The molecule has 5 heteroatoms. The largest absolute Gasteiger partial charge is 0.497 e. The van der Waals surface area contributed by atoms with Gasteiger partial charge in [-0.2, -0.15) is 0 Å². The molecular formula is C24H19NO4. The molecular weight excluding hydrogens is 366 g/mol. The first kappa shape index (κ1) is 18.5. The number of amides is 1. The van der Waals surface area contributed by atoms with Gasteiger partial charge in [-0.1, -0.05) is 29.8 Å². The van der Waals surface area contributed by atoms with Crippen LogP contribution in [0.2, 0.25) is 0 Å². The van der Waals surface area contributed by atoms with Crippen LogP contribution in [0, 0.1) is 6.92 Å². The van der Waals surface area contributed by atoms with Crippen molar-refractivity contribution in [1.82, 2.24) is 0 Å². The minimum atomic E-state index is -0.288. The minimum absolute atomic E-state index is 0.166. The number of anilines is 1. The Bertz CT molecular complexity index is 1270. The summed E-state index contributed by atoms with van der Waals surface area (Å²) >= 11 is 0. The monoisotopic (exact) mass is 385 g/mol. The molecule has 144 valence electrons. The number of benzene rings is 3. The second-order valence-corrected chi connectivity index (χ2v) is 6.74. The van der Waals surface area contributed by atoms with Gasteiger partial charge in [0.1, 0.15) is 17.1 Å². The van der Waals surface area contributed by atoms with Crippen molar-refractivity contribution < 1.29 is 13.9 Å². The molecule has 0 atom stereocenters. The first-order valence-electron chi connectivity index (χ1n) is 9.14. The molecule has 0 bridgehead atoms. The highest BCUT2D eigenvalue weighted by atomic mass is 16.5. The van der Waals surface area contributed by atoms with Crippen molar-refractivity contribution in [3.05, 3.63) is 94.1 Å². The number of hydrogen-bond donors (Lipinski definition) is 1. The second kappa shape index (κ2) is 7.64. The van der Waals surface area contributed by atoms with E-state index in [4.69, 9.17) is 9.15 Å². The molecule has 0 unspecified atom stereocenters. The van der Waals surface area contributed by atoms with Crippen LogP contribution in [0.4, 0.5) is 5.69 Å². The molecule has 0 aliphatic rings. The lowest BCUT2D eigenvalue weighted by molar-refractivity contribution is 0.102. The van der Waals surface area contributed by atoms with Gasteiger partial charge in [0, 0.05) is 22.9 Å². The highest BCUT2D eigenvalue weighted by molar-refractivity contribution is 6.05. The molecule has 1 aromatic heterocycles.